The van der Waals surface area contributed by atoms with Crippen LogP contribution in [0, 0.1) is 0 Å². The summed E-state index contributed by atoms with van der Waals surface area (Å²) in [5.41, 5.74) is 1.71. The molecule has 0 saturated carbocycles. The monoisotopic (exact) mass is 510 g/mol. The lowest BCUT2D eigenvalue weighted by molar-refractivity contribution is -0.0152. The molecule has 1 spiro atoms. The second-order valence-corrected chi connectivity index (χ2v) is 10.3. The van der Waals surface area contributed by atoms with Crippen LogP contribution in [0.4, 0.5) is 0 Å². The Morgan fingerprint density at radius 2 is 1.86 bits per heavy atom. The van der Waals surface area contributed by atoms with Gasteiger partial charge >= 0.3 is 0 Å². The normalized spacial score (nSPS) is 16.2. The summed E-state index contributed by atoms with van der Waals surface area (Å²) >= 11 is 6.26. The second-order valence-electron chi connectivity index (χ2n) is 9.88. The van der Waals surface area contributed by atoms with E-state index in [9.17, 15) is 4.79 Å². The highest BCUT2D eigenvalue weighted by Crippen LogP contribution is 2.46. The van der Waals surface area contributed by atoms with Gasteiger partial charge in [0.15, 0.2) is 17.1 Å². The van der Waals surface area contributed by atoms with Crippen molar-refractivity contribution >= 4 is 17.5 Å². The summed E-state index contributed by atoms with van der Waals surface area (Å²) in [4.78, 5) is 15.3. The molecule has 1 amide bonds. The van der Waals surface area contributed by atoms with Crippen molar-refractivity contribution in [3.8, 4) is 22.9 Å². The molecule has 36 heavy (non-hydrogen) atoms. The summed E-state index contributed by atoms with van der Waals surface area (Å²) in [6.07, 6.45) is 3.41. The van der Waals surface area contributed by atoms with Crippen molar-refractivity contribution in [2.24, 2.45) is 0 Å². The van der Waals surface area contributed by atoms with Crippen molar-refractivity contribution in [3.63, 3.8) is 0 Å². The van der Waals surface area contributed by atoms with Crippen molar-refractivity contribution in [3.05, 3.63) is 71.0 Å². The first-order valence-electron chi connectivity index (χ1n) is 12.1. The average molecular weight is 511 g/mol. The first-order chi connectivity index (χ1) is 17.2. The number of carbonyl (C=O) groups is 1. The first-order valence-corrected chi connectivity index (χ1v) is 12.5. The molecule has 3 aromatic rings. The Kier molecular flexibility index (Phi) is 6.39. The molecule has 1 aromatic heterocycles. The van der Waals surface area contributed by atoms with Crippen LogP contribution < -0.4 is 14.2 Å². The van der Waals surface area contributed by atoms with Gasteiger partial charge in [0.05, 0.1) is 24.1 Å². The van der Waals surface area contributed by atoms with Crippen LogP contribution in [0.5, 0.6) is 17.2 Å². The quantitative estimate of drug-likeness (QED) is 0.440. The van der Waals surface area contributed by atoms with Gasteiger partial charge in [0.1, 0.15) is 12.4 Å². The predicted molar refractivity (Wildman–Crippen MR) is 138 cm³/mol. The highest BCUT2D eigenvalue weighted by molar-refractivity contribution is 6.30. The lowest BCUT2D eigenvalue weighted by Gasteiger charge is -2.45. The van der Waals surface area contributed by atoms with Crippen molar-refractivity contribution in [2.45, 2.75) is 37.9 Å². The minimum atomic E-state index is -0.499. The zero-order valence-electron chi connectivity index (χ0n) is 21.0. The third kappa shape index (κ3) is 4.42. The topological polar surface area (TPSA) is 62.2 Å². The Morgan fingerprint density at radius 3 is 2.58 bits per heavy atom. The van der Waals surface area contributed by atoms with Gasteiger partial charge in [0, 0.05) is 55.9 Å². The van der Waals surface area contributed by atoms with Crippen molar-refractivity contribution < 1.29 is 23.7 Å². The van der Waals surface area contributed by atoms with Gasteiger partial charge in [-0.15, -0.1) is 0 Å². The number of nitrogens with zero attached hydrogens (tertiary/aromatic N) is 2. The Morgan fingerprint density at radius 1 is 1.08 bits per heavy atom. The van der Waals surface area contributed by atoms with Gasteiger partial charge in [-0.2, -0.15) is 0 Å². The standard InChI is InChI=1S/C28H31ClN2O5/c1-27(2,34-4)18-35-22-10-7-19(16-24(22)33-3)26(32)30-14-11-28(12-15-30)25-6-5-13-31(25)21-9-8-20(29)17-23(21)36-28/h5-10,13,16-17H,11-12,14-15,18H2,1-4H3. The fraction of sp³-hybridized carbons (Fsp3) is 0.393. The maximum Gasteiger partial charge on any atom is 0.253 e. The minimum absolute atomic E-state index is 0.0402. The molecule has 8 heteroatoms. The number of methoxy groups -OCH3 is 2. The Hall–Kier alpha value is -3.16. The largest absolute Gasteiger partial charge is 0.493 e. The molecule has 0 radical (unpaired) electrons. The van der Waals surface area contributed by atoms with Gasteiger partial charge in [-0.3, -0.25) is 4.79 Å². The number of rotatable bonds is 6. The number of amides is 1. The van der Waals surface area contributed by atoms with Crippen LogP contribution in [0.2, 0.25) is 5.02 Å². The van der Waals surface area contributed by atoms with E-state index in [4.69, 9.17) is 30.5 Å². The van der Waals surface area contributed by atoms with E-state index in [2.05, 4.69) is 10.6 Å². The number of carbonyl (C=O) groups excluding carboxylic acids is 1. The molecule has 7 nitrogen and oxygen atoms in total. The number of piperidine rings is 1. The zero-order chi connectivity index (χ0) is 25.5. The van der Waals surface area contributed by atoms with Gasteiger partial charge < -0.3 is 28.4 Å². The predicted octanol–water partition coefficient (Wildman–Crippen LogP) is 5.47. The lowest BCUT2D eigenvalue weighted by Crippen LogP contribution is -2.50. The van der Waals surface area contributed by atoms with Crippen LogP contribution in [-0.4, -0.2) is 54.9 Å². The molecular weight excluding hydrogens is 480 g/mol. The molecule has 0 bridgehead atoms. The van der Waals surface area contributed by atoms with E-state index in [1.807, 2.05) is 49.2 Å². The lowest BCUT2D eigenvalue weighted by atomic mass is 9.86. The highest BCUT2D eigenvalue weighted by atomic mass is 35.5. The second kappa shape index (κ2) is 9.37. The number of halogens is 1. The highest BCUT2D eigenvalue weighted by Gasteiger charge is 2.44. The molecule has 2 aliphatic heterocycles. The van der Waals surface area contributed by atoms with E-state index in [0.29, 0.717) is 54.6 Å². The third-order valence-electron chi connectivity index (χ3n) is 7.10. The molecule has 5 rings (SSSR count). The maximum atomic E-state index is 13.4. The van der Waals surface area contributed by atoms with Gasteiger partial charge in [-0.05, 0) is 56.3 Å². The Labute approximate surface area is 216 Å². The number of aromatic nitrogens is 1. The fourth-order valence-electron chi connectivity index (χ4n) is 4.84. The van der Waals surface area contributed by atoms with Crippen LogP contribution in [0.1, 0.15) is 42.7 Å². The number of hydrogen-bond donors (Lipinski definition) is 0. The summed E-state index contributed by atoms with van der Waals surface area (Å²) in [6.45, 7) is 5.39. The van der Waals surface area contributed by atoms with E-state index in [-0.39, 0.29) is 5.91 Å². The Balaban J connectivity index is 1.31. The SMILES string of the molecule is COc1cc(C(=O)N2CCC3(CC2)Oc2cc(Cl)ccc2-n2cccc23)ccc1OCC(C)(C)OC. The first kappa shape index (κ1) is 24.5. The summed E-state index contributed by atoms with van der Waals surface area (Å²) < 4.78 is 25.6. The molecule has 3 heterocycles. The maximum absolute atomic E-state index is 13.4. The molecular formula is C28H31ClN2O5. The van der Waals surface area contributed by atoms with E-state index < -0.39 is 11.2 Å². The van der Waals surface area contributed by atoms with Gasteiger partial charge in [0.2, 0.25) is 0 Å². The summed E-state index contributed by atoms with van der Waals surface area (Å²) in [6, 6.07) is 15.1. The van der Waals surface area contributed by atoms with Crippen LogP contribution in [0.15, 0.2) is 54.7 Å². The van der Waals surface area contributed by atoms with E-state index in [1.54, 1.807) is 32.4 Å². The molecule has 0 atom stereocenters. The summed E-state index contributed by atoms with van der Waals surface area (Å²) in [5, 5.41) is 0.638. The van der Waals surface area contributed by atoms with Crippen molar-refractivity contribution in [2.75, 3.05) is 33.9 Å². The van der Waals surface area contributed by atoms with Gasteiger partial charge in [-0.25, -0.2) is 0 Å². The minimum Gasteiger partial charge on any atom is -0.493 e. The summed E-state index contributed by atoms with van der Waals surface area (Å²) in [7, 11) is 3.22. The van der Waals surface area contributed by atoms with Crippen LogP contribution >= 0.6 is 11.6 Å². The van der Waals surface area contributed by atoms with Crippen LogP contribution in [0.3, 0.4) is 0 Å². The number of ether oxygens (including phenoxy) is 4. The third-order valence-corrected chi connectivity index (χ3v) is 7.33. The molecule has 0 unspecified atom stereocenters. The average Bonchev–Trinajstić information content (AvgIpc) is 3.39. The molecule has 0 aliphatic carbocycles. The number of likely N-dealkylation sites (tertiary alicyclic amines) is 1. The van der Waals surface area contributed by atoms with Crippen LogP contribution in [0.25, 0.3) is 5.69 Å². The number of fused-ring (bicyclic) bond motifs is 4. The fourth-order valence-corrected chi connectivity index (χ4v) is 5.00. The Bertz CT molecular complexity index is 1280. The molecule has 0 N–H and O–H groups in total. The van der Waals surface area contributed by atoms with Crippen LogP contribution in [-0.2, 0) is 10.3 Å². The summed E-state index contributed by atoms with van der Waals surface area (Å²) in [5.74, 6) is 1.82. The number of benzene rings is 2. The van der Waals surface area contributed by atoms with Crippen molar-refractivity contribution in [1.82, 2.24) is 9.47 Å². The molecule has 190 valence electrons. The smallest absolute Gasteiger partial charge is 0.253 e. The number of hydrogen-bond acceptors (Lipinski definition) is 5. The van der Waals surface area contributed by atoms with Gasteiger partial charge in [-0.1, -0.05) is 11.6 Å². The molecule has 1 fully saturated rings. The van der Waals surface area contributed by atoms with E-state index in [0.717, 1.165) is 17.1 Å². The van der Waals surface area contributed by atoms with E-state index in [1.165, 1.54) is 0 Å². The molecule has 2 aromatic carbocycles. The zero-order valence-corrected chi connectivity index (χ0v) is 21.8. The molecule has 2 aliphatic rings. The van der Waals surface area contributed by atoms with Crippen molar-refractivity contribution in [1.29, 1.82) is 0 Å². The molecule has 1 saturated heterocycles. The van der Waals surface area contributed by atoms with Gasteiger partial charge in [0.25, 0.3) is 5.91 Å². The van der Waals surface area contributed by atoms with E-state index >= 15 is 0 Å².